The van der Waals surface area contributed by atoms with Crippen molar-refractivity contribution in [2.75, 3.05) is 6.54 Å². The Kier molecular flexibility index (Phi) is 17.4. The normalized spacial score (nSPS) is 15.6. The zero-order valence-electron chi connectivity index (χ0n) is 38.5. The monoisotopic (exact) mass is 891 g/mol. The van der Waals surface area contributed by atoms with E-state index in [9.17, 15) is 38.7 Å². The van der Waals surface area contributed by atoms with Crippen LogP contribution in [0.25, 0.3) is 10.9 Å². The molecule has 1 aliphatic carbocycles. The summed E-state index contributed by atoms with van der Waals surface area (Å²) in [6.45, 7) is 11.9. The number of rotatable bonds is 21. The Balaban J connectivity index is 1.28. The quantitative estimate of drug-likeness (QED) is 0.0596. The zero-order valence-corrected chi connectivity index (χ0v) is 38.5. The van der Waals surface area contributed by atoms with Gasteiger partial charge in [0.25, 0.3) is 0 Å². The van der Waals surface area contributed by atoms with Crippen molar-refractivity contribution in [3.05, 3.63) is 107 Å². The molecule has 1 aromatic heterocycles. The molecule has 0 bridgehead atoms. The van der Waals surface area contributed by atoms with Crippen LogP contribution in [0, 0.1) is 17.8 Å². The summed E-state index contributed by atoms with van der Waals surface area (Å²) in [7, 11) is 0. The molecule has 3 aromatic carbocycles. The first kappa shape index (κ1) is 49.5. The highest BCUT2D eigenvalue weighted by molar-refractivity contribution is 5.96. The van der Waals surface area contributed by atoms with Gasteiger partial charge >= 0.3 is 5.97 Å². The van der Waals surface area contributed by atoms with Gasteiger partial charge in [0.2, 0.25) is 35.4 Å². The van der Waals surface area contributed by atoms with E-state index in [1.807, 2.05) is 100 Å². The van der Waals surface area contributed by atoms with Crippen molar-refractivity contribution in [3.8, 4) is 0 Å². The second-order valence-corrected chi connectivity index (χ2v) is 17.7. The number of carbonyl (C=O) groups is 7. The fraction of sp³-hybridized carbons (Fsp3) is 0.460. The van der Waals surface area contributed by atoms with E-state index in [4.69, 9.17) is 0 Å². The Hall–Kier alpha value is -6.51. The van der Waals surface area contributed by atoms with Crippen LogP contribution in [0.4, 0.5) is 0 Å². The Morgan fingerprint density at radius 3 is 1.78 bits per heavy atom. The number of carboxylic acid groups (broad SMARTS) is 1. The molecule has 1 aliphatic rings. The van der Waals surface area contributed by atoms with Gasteiger partial charge < -0.3 is 42.0 Å². The van der Waals surface area contributed by atoms with E-state index in [-0.39, 0.29) is 18.8 Å². The maximum absolute atomic E-state index is 14.5. The number of hydrogen-bond donors (Lipinski definition) is 8. The number of aliphatic carboxylic acids is 1. The van der Waals surface area contributed by atoms with Gasteiger partial charge in [0, 0.05) is 36.4 Å². The Morgan fingerprint density at radius 1 is 0.662 bits per heavy atom. The van der Waals surface area contributed by atoms with Gasteiger partial charge in [-0.15, -0.1) is 0 Å². The topological polar surface area (TPSA) is 228 Å². The molecular weight excluding hydrogens is 827 g/mol. The molecule has 0 aliphatic heterocycles. The van der Waals surface area contributed by atoms with Gasteiger partial charge in [-0.1, -0.05) is 121 Å². The molecular formula is C50H65N7O8. The van der Waals surface area contributed by atoms with Gasteiger partial charge in [0.15, 0.2) is 0 Å². The van der Waals surface area contributed by atoms with Crippen molar-refractivity contribution in [3.63, 3.8) is 0 Å². The van der Waals surface area contributed by atoms with E-state index in [2.05, 4.69) is 36.9 Å². The van der Waals surface area contributed by atoms with E-state index in [1.165, 1.54) is 6.92 Å². The third-order valence-corrected chi connectivity index (χ3v) is 12.5. The molecule has 1 heterocycles. The van der Waals surface area contributed by atoms with Crippen molar-refractivity contribution < 1.29 is 38.7 Å². The molecule has 6 amide bonds. The first-order chi connectivity index (χ1) is 31.0. The third-order valence-electron chi connectivity index (χ3n) is 12.5. The summed E-state index contributed by atoms with van der Waals surface area (Å²) < 4.78 is 0. The Bertz CT molecular complexity index is 2290. The molecule has 4 aromatic rings. The van der Waals surface area contributed by atoms with Gasteiger partial charge in [-0.3, -0.25) is 28.8 Å². The molecule has 348 valence electrons. The van der Waals surface area contributed by atoms with Crippen LogP contribution in [0.15, 0.2) is 79.0 Å². The molecule has 15 heteroatoms. The van der Waals surface area contributed by atoms with E-state index >= 15 is 0 Å². The smallest absolute Gasteiger partial charge is 0.326 e. The number of aryl methyl sites for hydroxylation is 2. The predicted octanol–water partition coefficient (Wildman–Crippen LogP) is 4.42. The van der Waals surface area contributed by atoms with Crippen LogP contribution < -0.4 is 31.9 Å². The molecule has 15 nitrogen and oxygen atoms in total. The maximum atomic E-state index is 14.5. The number of para-hydroxylation sites is 1. The number of H-pyrrole nitrogens is 1. The summed E-state index contributed by atoms with van der Waals surface area (Å²) in [5.74, 6) is -6.20. The minimum atomic E-state index is -1.28. The van der Waals surface area contributed by atoms with Gasteiger partial charge in [-0.05, 0) is 70.9 Å². The first-order valence-electron chi connectivity index (χ1n) is 22.7. The van der Waals surface area contributed by atoms with Crippen LogP contribution in [-0.4, -0.2) is 88.3 Å². The van der Waals surface area contributed by atoms with Gasteiger partial charge in [0.1, 0.15) is 30.2 Å². The molecule has 0 spiro atoms. The van der Waals surface area contributed by atoms with Crippen LogP contribution in [0.5, 0.6) is 0 Å². The number of aromatic amines is 1. The standard InChI is InChI=1S/C50H65N7O8/c1-8-29(5)43(47(61)52-27-41(59)56-44(30(6)9-2)48(62)55-40(50(64)65)25-34-26-51-38-21-15-14-18-35(34)38)57-46(60)39(24-28(3)4)54-49(63)45(53-31(7)58)42-36-19-12-10-16-32(36)22-23-33-17-11-13-20-37(33)42/h10-21,26,28-30,39-40,42-45,51H,8-9,22-25,27H2,1-7H3,(H,52,61)(H,53,58)(H,54,63)(H,55,62)(H,56,59)(H,57,60)(H,64,65)/t29-,30+,39+,40+,43+,44+,45-/m1/s1. The van der Waals surface area contributed by atoms with Crippen molar-refractivity contribution >= 4 is 52.3 Å². The van der Waals surface area contributed by atoms with Crippen molar-refractivity contribution in [2.45, 2.75) is 123 Å². The van der Waals surface area contributed by atoms with E-state index in [0.717, 1.165) is 46.0 Å². The van der Waals surface area contributed by atoms with Crippen molar-refractivity contribution in [1.82, 2.24) is 36.9 Å². The second kappa shape index (κ2) is 22.9. The number of fused-ring (bicyclic) bond motifs is 3. The maximum Gasteiger partial charge on any atom is 0.326 e. The molecule has 0 radical (unpaired) electrons. The second-order valence-electron chi connectivity index (χ2n) is 17.7. The summed E-state index contributed by atoms with van der Waals surface area (Å²) in [5, 5.41) is 27.4. The highest BCUT2D eigenvalue weighted by atomic mass is 16.4. The minimum Gasteiger partial charge on any atom is -0.480 e. The lowest BCUT2D eigenvalue weighted by atomic mass is 9.82. The molecule has 0 fully saturated rings. The molecule has 5 rings (SSSR count). The molecule has 0 saturated carbocycles. The first-order valence-corrected chi connectivity index (χ1v) is 22.7. The van der Waals surface area contributed by atoms with Crippen molar-refractivity contribution in [2.24, 2.45) is 17.8 Å². The lowest BCUT2D eigenvalue weighted by Crippen LogP contribution is -2.59. The lowest BCUT2D eigenvalue weighted by molar-refractivity contribution is -0.142. The number of aromatic nitrogens is 1. The third kappa shape index (κ3) is 12.8. The van der Waals surface area contributed by atoms with E-state index < -0.39 is 95.9 Å². The van der Waals surface area contributed by atoms with E-state index in [0.29, 0.717) is 18.4 Å². The average molecular weight is 892 g/mol. The predicted molar refractivity (Wildman–Crippen MR) is 248 cm³/mol. The highest BCUT2D eigenvalue weighted by Crippen LogP contribution is 2.37. The summed E-state index contributed by atoms with van der Waals surface area (Å²) in [6, 6.07) is 17.5. The number of amides is 6. The number of nitrogens with one attached hydrogen (secondary N) is 7. The summed E-state index contributed by atoms with van der Waals surface area (Å²) in [5.41, 5.74) is 5.49. The molecule has 0 saturated heterocycles. The largest absolute Gasteiger partial charge is 0.480 e. The average Bonchev–Trinajstić information content (AvgIpc) is 3.61. The van der Waals surface area contributed by atoms with Crippen LogP contribution in [0.1, 0.15) is 101 Å². The van der Waals surface area contributed by atoms with Crippen LogP contribution in [-0.2, 0) is 52.8 Å². The zero-order chi connectivity index (χ0) is 47.4. The number of hydrogen-bond acceptors (Lipinski definition) is 7. The molecule has 0 unspecified atom stereocenters. The Morgan fingerprint density at radius 2 is 1.22 bits per heavy atom. The molecule has 65 heavy (non-hydrogen) atoms. The molecule has 8 N–H and O–H groups in total. The summed E-state index contributed by atoms with van der Waals surface area (Å²) >= 11 is 0. The lowest BCUT2D eigenvalue weighted by Gasteiger charge is -2.32. The highest BCUT2D eigenvalue weighted by Gasteiger charge is 2.38. The van der Waals surface area contributed by atoms with Crippen molar-refractivity contribution in [1.29, 1.82) is 0 Å². The van der Waals surface area contributed by atoms with Crippen LogP contribution in [0.3, 0.4) is 0 Å². The van der Waals surface area contributed by atoms with Gasteiger partial charge in [-0.2, -0.15) is 0 Å². The number of carbonyl (C=O) groups excluding carboxylic acids is 6. The van der Waals surface area contributed by atoms with Gasteiger partial charge in [-0.25, -0.2) is 4.79 Å². The summed E-state index contributed by atoms with van der Waals surface area (Å²) in [6.07, 6.45) is 4.41. The van der Waals surface area contributed by atoms with Crippen LogP contribution >= 0.6 is 0 Å². The number of benzene rings is 3. The fourth-order valence-electron chi connectivity index (χ4n) is 8.55. The fourth-order valence-corrected chi connectivity index (χ4v) is 8.55. The minimum absolute atomic E-state index is 0.00615. The Labute approximate surface area is 381 Å². The number of carboxylic acids is 1. The molecule has 7 atom stereocenters. The SMILES string of the molecule is CC[C@@H](C)[C@H](NC(=O)[C@H](CC(C)C)NC(=O)[C@H](NC(C)=O)C1c2ccccc2CCc2ccccc21)C(=O)NCC(=O)N[C@H](C(=O)N[C@@H](Cc1c[nH]c2ccccc12)C(=O)O)[C@@H](C)CC. The van der Waals surface area contributed by atoms with Gasteiger partial charge in [0.05, 0.1) is 6.54 Å². The van der Waals surface area contributed by atoms with E-state index in [1.54, 1.807) is 20.0 Å². The van der Waals surface area contributed by atoms with Crippen LogP contribution in [0.2, 0.25) is 0 Å². The summed E-state index contributed by atoms with van der Waals surface area (Å²) in [4.78, 5) is 97.8.